The molecule has 186 valence electrons. The Bertz CT molecular complexity index is 1320. The zero-order chi connectivity index (χ0) is 25.2. The highest BCUT2D eigenvalue weighted by molar-refractivity contribution is 7.14. The van der Waals surface area contributed by atoms with Crippen LogP contribution in [0.4, 0.5) is 9.93 Å². The van der Waals surface area contributed by atoms with Gasteiger partial charge in [0.2, 0.25) is 0 Å². The van der Waals surface area contributed by atoms with Crippen molar-refractivity contribution in [3.63, 3.8) is 0 Å². The molecule has 2 atom stereocenters. The molecule has 0 aliphatic carbocycles. The summed E-state index contributed by atoms with van der Waals surface area (Å²) in [5.41, 5.74) is 0.510. The first-order chi connectivity index (χ1) is 17.4. The maximum Gasteiger partial charge on any atom is 0.357 e. The number of benzene rings is 1. The number of ether oxygens (including phenoxy) is 3. The minimum Gasteiger partial charge on any atom is -0.486 e. The molecule has 36 heavy (non-hydrogen) atoms. The lowest BCUT2D eigenvalue weighted by Gasteiger charge is -2.24. The Balaban J connectivity index is 1.40. The molecule has 2 aliphatic rings. The van der Waals surface area contributed by atoms with Crippen molar-refractivity contribution in [3.05, 3.63) is 53.3 Å². The minimum absolute atomic E-state index is 0.0232. The largest absolute Gasteiger partial charge is 0.486 e. The Morgan fingerprint density at radius 3 is 2.83 bits per heavy atom. The molecule has 2 unspecified atom stereocenters. The molecule has 4 heterocycles. The van der Waals surface area contributed by atoms with Crippen LogP contribution < -0.4 is 20.1 Å². The number of anilines is 1. The highest BCUT2D eigenvalue weighted by atomic mass is 32.1. The van der Waals surface area contributed by atoms with Gasteiger partial charge in [0.15, 0.2) is 22.3 Å². The second-order valence-electron chi connectivity index (χ2n) is 7.76. The minimum atomic E-state index is -1.26. The molecule has 2 aliphatic heterocycles. The van der Waals surface area contributed by atoms with E-state index in [1.807, 2.05) is 0 Å². The van der Waals surface area contributed by atoms with Gasteiger partial charge in [-0.2, -0.15) is 5.10 Å². The Hall–Kier alpha value is -4.46. The summed E-state index contributed by atoms with van der Waals surface area (Å²) >= 11 is 1.01. The third-order valence-corrected chi connectivity index (χ3v) is 6.29. The van der Waals surface area contributed by atoms with E-state index in [1.54, 1.807) is 30.5 Å². The lowest BCUT2D eigenvalue weighted by molar-refractivity contribution is -0.134. The van der Waals surface area contributed by atoms with Gasteiger partial charge in [0.05, 0.1) is 13.7 Å². The summed E-state index contributed by atoms with van der Waals surface area (Å²) in [6.07, 6.45) is 3.12. The number of hydrogen-bond donors (Lipinski definition) is 2. The number of nitrogens with one attached hydrogen (secondary N) is 2. The quantitative estimate of drug-likeness (QED) is 0.351. The first-order valence-corrected chi connectivity index (χ1v) is 11.7. The zero-order valence-corrected chi connectivity index (χ0v) is 19.7. The predicted octanol–water partition coefficient (Wildman–Crippen LogP) is 1.20. The smallest absolute Gasteiger partial charge is 0.357 e. The molecule has 0 bridgehead atoms. The van der Waals surface area contributed by atoms with Crippen LogP contribution in [-0.4, -0.2) is 69.8 Å². The van der Waals surface area contributed by atoms with E-state index in [2.05, 4.69) is 25.5 Å². The third-order valence-electron chi connectivity index (χ3n) is 5.53. The summed E-state index contributed by atoms with van der Waals surface area (Å²) in [5.74, 6) is -0.934. The number of thiazole rings is 1. The van der Waals surface area contributed by atoms with Crippen LogP contribution in [0.25, 0.3) is 0 Å². The van der Waals surface area contributed by atoms with Crippen molar-refractivity contribution >= 4 is 40.3 Å². The van der Waals surface area contributed by atoms with Crippen molar-refractivity contribution < 1.29 is 33.4 Å². The molecule has 14 heteroatoms. The van der Waals surface area contributed by atoms with Gasteiger partial charge in [-0.3, -0.25) is 14.3 Å². The standard InChI is InChI=1S/C22H20N6O7S/c1-33-20(31)13-11-36-21(24-13)26-18(29)14(10-27-6-2-5-23-27)28-19(30)17(25-22(28)32)12-3-4-15-16(9-12)35-8-7-34-15/h2-6,9,11,14,17H,7-8,10H2,1H3,(H,25,32)(H,24,26,29). The van der Waals surface area contributed by atoms with Crippen LogP contribution in [0.3, 0.4) is 0 Å². The lowest BCUT2D eigenvalue weighted by atomic mass is 10.1. The summed E-state index contributed by atoms with van der Waals surface area (Å²) in [6.45, 7) is 0.693. The summed E-state index contributed by atoms with van der Waals surface area (Å²) in [5, 5.41) is 10.8. The maximum absolute atomic E-state index is 13.4. The number of imide groups is 1. The molecule has 0 saturated carbocycles. The van der Waals surface area contributed by atoms with E-state index in [0.717, 1.165) is 16.2 Å². The highest BCUT2D eigenvalue weighted by Crippen LogP contribution is 2.34. The van der Waals surface area contributed by atoms with Gasteiger partial charge in [-0.1, -0.05) is 6.07 Å². The SMILES string of the molecule is COC(=O)c1csc(NC(=O)C(Cn2cccn2)N2C(=O)NC(c3ccc4c(c3)OCCO4)C2=O)n1. The van der Waals surface area contributed by atoms with Gasteiger partial charge >= 0.3 is 12.0 Å². The fourth-order valence-electron chi connectivity index (χ4n) is 3.84. The molecule has 2 aromatic heterocycles. The van der Waals surface area contributed by atoms with Gasteiger partial charge in [0, 0.05) is 17.8 Å². The molecule has 0 radical (unpaired) electrons. The van der Waals surface area contributed by atoms with Crippen LogP contribution >= 0.6 is 11.3 Å². The number of amides is 4. The molecule has 1 fully saturated rings. The van der Waals surface area contributed by atoms with E-state index in [9.17, 15) is 19.2 Å². The molecule has 4 amide bonds. The second-order valence-corrected chi connectivity index (χ2v) is 8.61. The number of methoxy groups -OCH3 is 1. The molecule has 13 nitrogen and oxygen atoms in total. The van der Waals surface area contributed by atoms with Crippen LogP contribution in [0.1, 0.15) is 22.1 Å². The number of aromatic nitrogens is 3. The van der Waals surface area contributed by atoms with Crippen molar-refractivity contribution in [2.75, 3.05) is 25.6 Å². The van der Waals surface area contributed by atoms with E-state index >= 15 is 0 Å². The van der Waals surface area contributed by atoms with Crippen LogP contribution in [0, 0.1) is 0 Å². The Morgan fingerprint density at radius 1 is 1.28 bits per heavy atom. The summed E-state index contributed by atoms with van der Waals surface area (Å²) in [4.78, 5) is 56.3. The van der Waals surface area contributed by atoms with Crippen molar-refractivity contribution in [1.82, 2.24) is 25.0 Å². The fraction of sp³-hybridized carbons (Fsp3) is 0.273. The molecule has 5 rings (SSSR count). The summed E-state index contributed by atoms with van der Waals surface area (Å²) in [7, 11) is 1.22. The number of esters is 1. The van der Waals surface area contributed by atoms with Crippen LogP contribution in [0.15, 0.2) is 42.0 Å². The van der Waals surface area contributed by atoms with Gasteiger partial charge in [0.1, 0.15) is 25.3 Å². The van der Waals surface area contributed by atoms with Crippen molar-refractivity contribution in [2.45, 2.75) is 18.6 Å². The van der Waals surface area contributed by atoms with E-state index in [-0.39, 0.29) is 17.4 Å². The van der Waals surface area contributed by atoms with E-state index in [0.29, 0.717) is 30.3 Å². The predicted molar refractivity (Wildman–Crippen MR) is 124 cm³/mol. The number of rotatable bonds is 7. The molecule has 3 aromatic rings. The van der Waals surface area contributed by atoms with Crippen LogP contribution in [0.5, 0.6) is 11.5 Å². The van der Waals surface area contributed by atoms with Gasteiger partial charge in [-0.25, -0.2) is 19.5 Å². The van der Waals surface area contributed by atoms with E-state index in [4.69, 9.17) is 9.47 Å². The first-order valence-electron chi connectivity index (χ1n) is 10.8. The van der Waals surface area contributed by atoms with E-state index in [1.165, 1.54) is 23.4 Å². The first kappa shape index (κ1) is 23.3. The second kappa shape index (κ2) is 9.65. The molecule has 0 spiro atoms. The summed E-state index contributed by atoms with van der Waals surface area (Å²) in [6, 6.07) is 3.60. The molecule has 1 saturated heterocycles. The fourth-order valence-corrected chi connectivity index (χ4v) is 4.52. The van der Waals surface area contributed by atoms with Crippen molar-refractivity contribution in [2.24, 2.45) is 0 Å². The van der Waals surface area contributed by atoms with Gasteiger partial charge < -0.3 is 24.8 Å². The Labute approximate surface area is 207 Å². The monoisotopic (exact) mass is 512 g/mol. The number of fused-ring (bicyclic) bond motifs is 1. The molecule has 2 N–H and O–H groups in total. The molecule has 1 aromatic carbocycles. The van der Waals surface area contributed by atoms with Gasteiger partial charge in [-0.05, 0) is 23.8 Å². The van der Waals surface area contributed by atoms with E-state index < -0.39 is 35.9 Å². The number of carbonyl (C=O) groups is 4. The normalized spacial score (nSPS) is 17.5. The Kier molecular flexibility index (Phi) is 6.25. The van der Waals surface area contributed by atoms with Crippen LogP contribution in [-0.2, 0) is 20.9 Å². The van der Waals surface area contributed by atoms with Crippen molar-refractivity contribution in [1.29, 1.82) is 0 Å². The highest BCUT2D eigenvalue weighted by Gasteiger charge is 2.46. The summed E-state index contributed by atoms with van der Waals surface area (Å²) < 4.78 is 17.2. The average molecular weight is 513 g/mol. The van der Waals surface area contributed by atoms with Crippen molar-refractivity contribution in [3.8, 4) is 11.5 Å². The molecular weight excluding hydrogens is 492 g/mol. The Morgan fingerprint density at radius 2 is 2.08 bits per heavy atom. The van der Waals surface area contributed by atoms with Crippen LogP contribution in [0.2, 0.25) is 0 Å². The average Bonchev–Trinajstić information content (AvgIpc) is 3.63. The number of urea groups is 1. The van der Waals surface area contributed by atoms with Gasteiger partial charge in [-0.15, -0.1) is 11.3 Å². The maximum atomic E-state index is 13.4. The third kappa shape index (κ3) is 4.45. The zero-order valence-electron chi connectivity index (χ0n) is 18.9. The number of nitrogens with zero attached hydrogens (tertiary/aromatic N) is 4. The topological polar surface area (TPSA) is 154 Å². The molecular formula is C22H20N6O7S. The lowest BCUT2D eigenvalue weighted by Crippen LogP contribution is -2.50. The van der Waals surface area contributed by atoms with Gasteiger partial charge in [0.25, 0.3) is 11.8 Å². The number of carbonyl (C=O) groups excluding carboxylic acids is 4. The number of hydrogen-bond acceptors (Lipinski definition) is 10.